The smallest absolute Gasteiger partial charge is 0.326 e. The van der Waals surface area contributed by atoms with Crippen LogP contribution in [0.2, 0.25) is 0 Å². The summed E-state index contributed by atoms with van der Waals surface area (Å²) in [6, 6.07) is -0.692. The van der Waals surface area contributed by atoms with Gasteiger partial charge in [0.2, 0.25) is 5.91 Å². The minimum absolute atomic E-state index is 0.0687. The van der Waals surface area contributed by atoms with Crippen LogP contribution in [0.3, 0.4) is 0 Å². The summed E-state index contributed by atoms with van der Waals surface area (Å²) >= 11 is 0. The molecule has 2 aliphatic rings. The average molecular weight is 268 g/mol. The molecular weight excluding hydrogens is 244 g/mol. The predicted octanol–water partition coefficient (Wildman–Crippen LogP) is 1.14. The van der Waals surface area contributed by atoms with Gasteiger partial charge in [0.15, 0.2) is 0 Å². The molecule has 2 atom stereocenters. The molecule has 1 saturated heterocycles. The van der Waals surface area contributed by atoms with Crippen molar-refractivity contribution in [2.75, 3.05) is 13.1 Å². The van der Waals surface area contributed by atoms with Gasteiger partial charge in [-0.25, -0.2) is 4.79 Å². The van der Waals surface area contributed by atoms with Crippen LogP contribution >= 0.6 is 0 Å². The predicted molar refractivity (Wildman–Crippen MR) is 71.7 cm³/mol. The second kappa shape index (κ2) is 5.90. The van der Waals surface area contributed by atoms with E-state index in [0.717, 1.165) is 45.1 Å². The number of nitrogens with one attached hydrogen (secondary N) is 2. The van der Waals surface area contributed by atoms with Gasteiger partial charge in [-0.2, -0.15) is 0 Å². The fourth-order valence-corrected chi connectivity index (χ4v) is 3.07. The van der Waals surface area contributed by atoms with E-state index in [0.29, 0.717) is 6.54 Å². The molecule has 2 rings (SSSR count). The molecule has 5 nitrogen and oxygen atoms in total. The SMILES string of the molecule is CCCC1(C(=O)NC(C(=O)O)C2CC2)CCCNC1. The van der Waals surface area contributed by atoms with E-state index in [4.69, 9.17) is 0 Å². The molecule has 0 aromatic carbocycles. The molecule has 0 spiro atoms. The number of carboxylic acids is 1. The molecule has 5 heteroatoms. The van der Waals surface area contributed by atoms with E-state index in [-0.39, 0.29) is 11.8 Å². The van der Waals surface area contributed by atoms with Crippen molar-refractivity contribution in [1.29, 1.82) is 0 Å². The number of carbonyl (C=O) groups is 2. The summed E-state index contributed by atoms with van der Waals surface area (Å²) in [6.07, 6.45) is 5.43. The van der Waals surface area contributed by atoms with Gasteiger partial charge in [0, 0.05) is 6.54 Å². The molecule has 3 N–H and O–H groups in total. The second-order valence-corrected chi connectivity index (χ2v) is 5.94. The third-order valence-corrected chi connectivity index (χ3v) is 4.33. The second-order valence-electron chi connectivity index (χ2n) is 5.94. The highest BCUT2D eigenvalue weighted by molar-refractivity contribution is 5.88. The maximum Gasteiger partial charge on any atom is 0.326 e. The highest BCUT2D eigenvalue weighted by atomic mass is 16.4. The van der Waals surface area contributed by atoms with E-state index in [1.54, 1.807) is 0 Å². The molecule has 0 aromatic rings. The molecule has 2 unspecified atom stereocenters. The van der Waals surface area contributed by atoms with Gasteiger partial charge in [-0.1, -0.05) is 13.3 Å². The molecule has 108 valence electrons. The summed E-state index contributed by atoms with van der Waals surface area (Å²) in [7, 11) is 0. The van der Waals surface area contributed by atoms with Crippen molar-refractivity contribution in [1.82, 2.24) is 10.6 Å². The lowest BCUT2D eigenvalue weighted by Crippen LogP contribution is -2.54. The van der Waals surface area contributed by atoms with Crippen molar-refractivity contribution in [2.24, 2.45) is 11.3 Å². The van der Waals surface area contributed by atoms with Crippen molar-refractivity contribution < 1.29 is 14.7 Å². The number of rotatable bonds is 6. The zero-order valence-electron chi connectivity index (χ0n) is 11.6. The van der Waals surface area contributed by atoms with Crippen LogP contribution in [0.5, 0.6) is 0 Å². The first-order valence-electron chi connectivity index (χ1n) is 7.33. The lowest BCUT2D eigenvalue weighted by molar-refractivity contribution is -0.145. The number of amides is 1. The van der Waals surface area contributed by atoms with E-state index < -0.39 is 17.4 Å². The third-order valence-electron chi connectivity index (χ3n) is 4.33. The van der Waals surface area contributed by atoms with Crippen LogP contribution < -0.4 is 10.6 Å². The van der Waals surface area contributed by atoms with Crippen molar-refractivity contribution in [3.8, 4) is 0 Å². The highest BCUT2D eigenvalue weighted by Crippen LogP contribution is 2.35. The molecule has 2 fully saturated rings. The fraction of sp³-hybridized carbons (Fsp3) is 0.857. The number of hydrogen-bond acceptors (Lipinski definition) is 3. The Hall–Kier alpha value is -1.10. The van der Waals surface area contributed by atoms with Gasteiger partial charge in [0.1, 0.15) is 6.04 Å². The molecular formula is C14H24N2O3. The molecule has 0 aromatic heterocycles. The molecule has 1 aliphatic carbocycles. The Morgan fingerprint density at radius 2 is 2.21 bits per heavy atom. The van der Waals surface area contributed by atoms with Crippen LogP contribution in [0.1, 0.15) is 45.4 Å². The van der Waals surface area contributed by atoms with E-state index in [2.05, 4.69) is 17.6 Å². The standard InChI is InChI=1S/C14H24N2O3/c1-2-6-14(7-3-8-15-9-14)13(19)16-11(12(17)18)10-4-5-10/h10-11,15H,2-9H2,1H3,(H,16,19)(H,17,18). The van der Waals surface area contributed by atoms with Crippen molar-refractivity contribution in [2.45, 2.75) is 51.5 Å². The number of aliphatic carboxylic acids is 1. The zero-order chi connectivity index (χ0) is 13.9. The van der Waals surface area contributed by atoms with E-state index in [1.165, 1.54) is 0 Å². The molecule has 19 heavy (non-hydrogen) atoms. The Morgan fingerprint density at radius 3 is 2.68 bits per heavy atom. The maximum absolute atomic E-state index is 12.5. The lowest BCUT2D eigenvalue weighted by atomic mass is 9.76. The molecule has 0 bridgehead atoms. The molecule has 1 saturated carbocycles. The minimum Gasteiger partial charge on any atom is -0.480 e. The summed E-state index contributed by atoms with van der Waals surface area (Å²) < 4.78 is 0. The monoisotopic (exact) mass is 268 g/mol. The van der Waals surface area contributed by atoms with Gasteiger partial charge >= 0.3 is 5.97 Å². The number of carboxylic acid groups (broad SMARTS) is 1. The molecule has 0 radical (unpaired) electrons. The van der Waals surface area contributed by atoms with Crippen LogP contribution in [0, 0.1) is 11.3 Å². The van der Waals surface area contributed by atoms with Crippen molar-refractivity contribution >= 4 is 11.9 Å². The van der Waals surface area contributed by atoms with Gasteiger partial charge in [-0.15, -0.1) is 0 Å². The summed E-state index contributed by atoms with van der Waals surface area (Å²) in [5.41, 5.74) is -0.407. The van der Waals surface area contributed by atoms with Crippen LogP contribution in [-0.4, -0.2) is 36.1 Å². The van der Waals surface area contributed by atoms with Gasteiger partial charge in [0.25, 0.3) is 0 Å². The molecule has 1 aliphatic heterocycles. The third kappa shape index (κ3) is 3.26. The van der Waals surface area contributed by atoms with E-state index in [1.807, 2.05) is 0 Å². The van der Waals surface area contributed by atoms with Gasteiger partial charge < -0.3 is 15.7 Å². The van der Waals surface area contributed by atoms with Gasteiger partial charge in [-0.05, 0) is 44.6 Å². The zero-order valence-corrected chi connectivity index (χ0v) is 11.6. The Balaban J connectivity index is 2.03. The van der Waals surface area contributed by atoms with Crippen molar-refractivity contribution in [3.63, 3.8) is 0 Å². The van der Waals surface area contributed by atoms with Crippen molar-refractivity contribution in [3.05, 3.63) is 0 Å². The van der Waals surface area contributed by atoms with E-state index >= 15 is 0 Å². The van der Waals surface area contributed by atoms with Gasteiger partial charge in [0.05, 0.1) is 5.41 Å². The Labute approximate surface area is 114 Å². The van der Waals surface area contributed by atoms with Crippen LogP contribution in [0.4, 0.5) is 0 Å². The Morgan fingerprint density at radius 1 is 1.47 bits per heavy atom. The normalized spacial score (nSPS) is 28.7. The van der Waals surface area contributed by atoms with E-state index in [9.17, 15) is 14.7 Å². The summed E-state index contributed by atoms with van der Waals surface area (Å²) in [6.45, 7) is 3.69. The minimum atomic E-state index is -0.897. The first kappa shape index (κ1) is 14.3. The summed E-state index contributed by atoms with van der Waals surface area (Å²) in [5.74, 6) is -0.830. The summed E-state index contributed by atoms with van der Waals surface area (Å²) in [4.78, 5) is 23.8. The first-order chi connectivity index (χ1) is 9.09. The molecule has 1 heterocycles. The topological polar surface area (TPSA) is 78.4 Å². The number of piperidine rings is 1. The maximum atomic E-state index is 12.5. The largest absolute Gasteiger partial charge is 0.480 e. The summed E-state index contributed by atoms with van der Waals surface area (Å²) in [5, 5.41) is 15.3. The Bertz CT molecular complexity index is 341. The Kier molecular flexibility index (Phi) is 4.45. The van der Waals surface area contributed by atoms with Crippen LogP contribution in [0.15, 0.2) is 0 Å². The van der Waals surface area contributed by atoms with Crippen LogP contribution in [0.25, 0.3) is 0 Å². The highest BCUT2D eigenvalue weighted by Gasteiger charge is 2.43. The molecule has 1 amide bonds. The average Bonchev–Trinajstić information content (AvgIpc) is 3.21. The number of hydrogen-bond donors (Lipinski definition) is 3. The fourth-order valence-electron chi connectivity index (χ4n) is 3.07. The van der Waals surface area contributed by atoms with Crippen LogP contribution in [-0.2, 0) is 9.59 Å². The van der Waals surface area contributed by atoms with Gasteiger partial charge in [-0.3, -0.25) is 4.79 Å². The first-order valence-corrected chi connectivity index (χ1v) is 7.33. The number of carbonyl (C=O) groups excluding carboxylic acids is 1. The lowest BCUT2D eigenvalue weighted by Gasteiger charge is -2.37. The quantitative estimate of drug-likeness (QED) is 0.675.